The molecule has 1 atom stereocenters. The van der Waals surface area contributed by atoms with E-state index in [4.69, 9.17) is 9.47 Å². The second kappa shape index (κ2) is 10.5. The molecule has 3 aromatic carbocycles. The van der Waals surface area contributed by atoms with E-state index in [1.165, 1.54) is 4.90 Å². The first-order valence-corrected chi connectivity index (χ1v) is 11.8. The van der Waals surface area contributed by atoms with Crippen LogP contribution in [0.1, 0.15) is 43.0 Å². The van der Waals surface area contributed by atoms with Crippen LogP contribution < -0.4 is 14.4 Å². The summed E-state index contributed by atoms with van der Waals surface area (Å²) >= 11 is 0. The summed E-state index contributed by atoms with van der Waals surface area (Å²) in [7, 11) is 0. The van der Waals surface area contributed by atoms with Crippen LogP contribution in [0.25, 0.3) is 5.76 Å². The Labute approximate surface area is 205 Å². The molecular formula is C29H29NO5. The SMILES string of the molecule is CCCOc1ccc(/C(O)=C2/C(=O)C(=O)N(c3ccccc3)C2c2ccc(OCC)cc2)cc1C. The molecule has 1 aliphatic rings. The van der Waals surface area contributed by atoms with E-state index in [0.717, 1.165) is 17.7 Å². The minimum atomic E-state index is -0.788. The van der Waals surface area contributed by atoms with Gasteiger partial charge >= 0.3 is 0 Å². The summed E-state index contributed by atoms with van der Waals surface area (Å²) in [4.78, 5) is 28.0. The molecule has 3 aromatic rings. The number of ketones is 1. The van der Waals surface area contributed by atoms with Crippen molar-refractivity contribution in [3.8, 4) is 11.5 Å². The largest absolute Gasteiger partial charge is 0.507 e. The number of ether oxygens (including phenoxy) is 2. The summed E-state index contributed by atoms with van der Waals surface area (Å²) < 4.78 is 11.3. The van der Waals surface area contributed by atoms with Crippen LogP contribution in [-0.2, 0) is 9.59 Å². The van der Waals surface area contributed by atoms with Gasteiger partial charge < -0.3 is 14.6 Å². The quantitative estimate of drug-likeness (QED) is 0.255. The van der Waals surface area contributed by atoms with E-state index >= 15 is 0 Å². The monoisotopic (exact) mass is 471 g/mol. The molecule has 35 heavy (non-hydrogen) atoms. The fraction of sp³-hybridized carbons (Fsp3) is 0.241. The number of aliphatic hydroxyl groups excluding tert-OH is 1. The Morgan fingerprint density at radius 2 is 1.66 bits per heavy atom. The van der Waals surface area contributed by atoms with Crippen molar-refractivity contribution in [3.05, 3.63) is 95.1 Å². The summed E-state index contributed by atoms with van der Waals surface area (Å²) in [5, 5.41) is 11.3. The van der Waals surface area contributed by atoms with E-state index in [1.807, 2.05) is 51.1 Å². The topological polar surface area (TPSA) is 76.1 Å². The van der Waals surface area contributed by atoms with Gasteiger partial charge in [0, 0.05) is 11.3 Å². The van der Waals surface area contributed by atoms with Crippen molar-refractivity contribution in [1.29, 1.82) is 0 Å². The third kappa shape index (κ3) is 4.78. The first kappa shape index (κ1) is 24.1. The van der Waals surface area contributed by atoms with Crippen molar-refractivity contribution >= 4 is 23.1 Å². The van der Waals surface area contributed by atoms with Crippen molar-refractivity contribution in [3.63, 3.8) is 0 Å². The number of hydrogen-bond acceptors (Lipinski definition) is 5. The third-order valence-electron chi connectivity index (χ3n) is 5.90. The Balaban J connectivity index is 1.84. The van der Waals surface area contributed by atoms with Gasteiger partial charge in [-0.3, -0.25) is 14.5 Å². The van der Waals surface area contributed by atoms with Gasteiger partial charge in [0.1, 0.15) is 17.3 Å². The molecule has 0 spiro atoms. The number of rotatable bonds is 8. The molecule has 1 unspecified atom stereocenters. The van der Waals surface area contributed by atoms with Crippen molar-refractivity contribution in [2.24, 2.45) is 0 Å². The van der Waals surface area contributed by atoms with Crippen LogP contribution in [0.2, 0.25) is 0 Å². The predicted molar refractivity (Wildman–Crippen MR) is 136 cm³/mol. The smallest absolute Gasteiger partial charge is 0.300 e. The van der Waals surface area contributed by atoms with Crippen LogP contribution in [-0.4, -0.2) is 30.0 Å². The molecule has 6 nitrogen and oxygen atoms in total. The van der Waals surface area contributed by atoms with Crippen LogP contribution in [0.4, 0.5) is 5.69 Å². The van der Waals surface area contributed by atoms with Crippen LogP contribution in [0.5, 0.6) is 11.5 Å². The Bertz CT molecular complexity index is 1250. The number of carbonyl (C=O) groups is 2. The second-order valence-corrected chi connectivity index (χ2v) is 8.34. The van der Waals surface area contributed by atoms with Gasteiger partial charge in [-0.25, -0.2) is 0 Å². The maximum absolute atomic E-state index is 13.3. The lowest BCUT2D eigenvalue weighted by molar-refractivity contribution is -0.132. The zero-order valence-electron chi connectivity index (χ0n) is 20.2. The highest BCUT2D eigenvalue weighted by atomic mass is 16.5. The number of benzene rings is 3. The highest BCUT2D eigenvalue weighted by Crippen LogP contribution is 2.42. The van der Waals surface area contributed by atoms with Gasteiger partial charge in [0.2, 0.25) is 0 Å². The number of nitrogens with zero attached hydrogens (tertiary/aromatic N) is 1. The first-order valence-electron chi connectivity index (χ1n) is 11.8. The van der Waals surface area contributed by atoms with Crippen LogP contribution in [0.15, 0.2) is 78.4 Å². The average Bonchev–Trinajstić information content (AvgIpc) is 3.14. The van der Waals surface area contributed by atoms with Gasteiger partial charge in [0.25, 0.3) is 11.7 Å². The number of hydrogen-bond donors (Lipinski definition) is 1. The number of Topliss-reactive ketones (excluding diaryl/α,β-unsaturated/α-hetero) is 1. The van der Waals surface area contributed by atoms with Gasteiger partial charge in [-0.2, -0.15) is 0 Å². The third-order valence-corrected chi connectivity index (χ3v) is 5.90. The highest BCUT2D eigenvalue weighted by molar-refractivity contribution is 6.51. The molecule has 1 aliphatic heterocycles. The molecule has 1 amide bonds. The van der Waals surface area contributed by atoms with Gasteiger partial charge in [-0.1, -0.05) is 37.3 Å². The van der Waals surface area contributed by atoms with Crippen LogP contribution in [0.3, 0.4) is 0 Å². The maximum atomic E-state index is 13.3. The van der Waals surface area contributed by atoms with Crippen molar-refractivity contribution in [1.82, 2.24) is 0 Å². The number of carbonyl (C=O) groups excluding carboxylic acids is 2. The van der Waals surface area contributed by atoms with Crippen molar-refractivity contribution < 1.29 is 24.2 Å². The standard InChI is InChI=1S/C29H29NO5/c1-4-17-35-24-16-13-21(18-19(24)3)27(31)25-26(20-11-14-23(15-12-20)34-5-2)30(29(33)28(25)32)22-9-7-6-8-10-22/h6-16,18,26,31H,4-5,17H2,1-3H3/b27-25-. The second-order valence-electron chi connectivity index (χ2n) is 8.34. The minimum Gasteiger partial charge on any atom is -0.507 e. The Hall–Kier alpha value is -4.06. The first-order chi connectivity index (χ1) is 17.0. The lowest BCUT2D eigenvalue weighted by atomic mass is 9.94. The summed E-state index contributed by atoms with van der Waals surface area (Å²) in [5.74, 6) is -0.223. The molecule has 0 bridgehead atoms. The maximum Gasteiger partial charge on any atom is 0.300 e. The van der Waals surface area contributed by atoms with Gasteiger partial charge in [0.05, 0.1) is 24.8 Å². The number of anilines is 1. The van der Waals surface area contributed by atoms with E-state index in [9.17, 15) is 14.7 Å². The minimum absolute atomic E-state index is 0.0460. The number of aryl methyl sites for hydroxylation is 1. The van der Waals surface area contributed by atoms with Gasteiger partial charge in [0.15, 0.2) is 0 Å². The van der Waals surface area contributed by atoms with Crippen molar-refractivity contribution in [2.45, 2.75) is 33.2 Å². The summed E-state index contributed by atoms with van der Waals surface area (Å²) in [6.45, 7) is 6.93. The van der Waals surface area contributed by atoms with Crippen LogP contribution >= 0.6 is 0 Å². The number of aliphatic hydroxyl groups is 1. The van der Waals surface area contributed by atoms with E-state index in [1.54, 1.807) is 42.5 Å². The average molecular weight is 472 g/mol. The molecule has 180 valence electrons. The zero-order valence-corrected chi connectivity index (χ0v) is 20.2. The molecule has 1 heterocycles. The van der Waals surface area contributed by atoms with E-state index in [-0.39, 0.29) is 11.3 Å². The fourth-order valence-corrected chi connectivity index (χ4v) is 4.24. The predicted octanol–water partition coefficient (Wildman–Crippen LogP) is 5.81. The molecular weight excluding hydrogens is 442 g/mol. The summed E-state index contributed by atoms with van der Waals surface area (Å²) in [6.07, 6.45) is 0.881. The van der Waals surface area contributed by atoms with Gasteiger partial charge in [-0.15, -0.1) is 0 Å². The zero-order chi connectivity index (χ0) is 24.9. The lowest BCUT2D eigenvalue weighted by Gasteiger charge is -2.25. The Kier molecular flexibility index (Phi) is 7.20. The fourth-order valence-electron chi connectivity index (χ4n) is 4.24. The molecule has 0 aromatic heterocycles. The van der Waals surface area contributed by atoms with Gasteiger partial charge in [-0.05, 0) is 73.9 Å². The number of para-hydroxylation sites is 1. The number of amides is 1. The molecule has 0 aliphatic carbocycles. The molecule has 1 saturated heterocycles. The van der Waals surface area contributed by atoms with Crippen molar-refractivity contribution in [2.75, 3.05) is 18.1 Å². The molecule has 4 rings (SSSR count). The molecule has 6 heteroatoms. The van der Waals surface area contributed by atoms with E-state index < -0.39 is 17.7 Å². The van der Waals surface area contributed by atoms with E-state index in [0.29, 0.717) is 35.8 Å². The molecule has 0 saturated carbocycles. The molecule has 1 N–H and O–H groups in total. The highest BCUT2D eigenvalue weighted by Gasteiger charge is 2.46. The molecule has 1 fully saturated rings. The molecule has 0 radical (unpaired) electrons. The van der Waals surface area contributed by atoms with E-state index in [2.05, 4.69) is 0 Å². The summed E-state index contributed by atoms with van der Waals surface area (Å²) in [6, 6.07) is 20.7. The Morgan fingerprint density at radius 3 is 2.29 bits per heavy atom. The lowest BCUT2D eigenvalue weighted by Crippen LogP contribution is -2.29. The van der Waals surface area contributed by atoms with Crippen LogP contribution in [0, 0.1) is 6.92 Å². The Morgan fingerprint density at radius 1 is 0.943 bits per heavy atom. The normalized spacial score (nSPS) is 17.0. The summed E-state index contributed by atoms with van der Waals surface area (Å²) in [5.41, 5.74) is 2.60.